The molecule has 0 unspecified atom stereocenters. The highest BCUT2D eigenvalue weighted by Gasteiger charge is 2.07. The first-order valence-corrected chi connectivity index (χ1v) is 8.45. The molecule has 0 radical (unpaired) electrons. The van der Waals surface area contributed by atoms with Crippen molar-refractivity contribution in [3.63, 3.8) is 0 Å². The number of nitrogens with zero attached hydrogens (tertiary/aromatic N) is 1. The summed E-state index contributed by atoms with van der Waals surface area (Å²) >= 11 is 5.83. The fourth-order valence-corrected chi connectivity index (χ4v) is 2.38. The van der Waals surface area contributed by atoms with E-state index in [1.54, 1.807) is 19.2 Å². The van der Waals surface area contributed by atoms with Crippen molar-refractivity contribution < 1.29 is 14.3 Å². The Bertz CT molecular complexity index is 659. The van der Waals surface area contributed by atoms with Crippen LogP contribution in [0.15, 0.2) is 48.5 Å². The number of carbonyl (C=O) groups excluding carboxylic acids is 1. The van der Waals surface area contributed by atoms with Crippen molar-refractivity contribution in [2.45, 2.75) is 6.42 Å². The maximum Gasteiger partial charge on any atom is 0.238 e. The number of benzene rings is 2. The van der Waals surface area contributed by atoms with Crippen LogP contribution in [0.25, 0.3) is 0 Å². The molecule has 0 aromatic heterocycles. The van der Waals surface area contributed by atoms with Gasteiger partial charge in [0.1, 0.15) is 11.5 Å². The number of hydrogen-bond acceptors (Lipinski definition) is 4. The van der Waals surface area contributed by atoms with Gasteiger partial charge >= 0.3 is 0 Å². The van der Waals surface area contributed by atoms with Crippen molar-refractivity contribution >= 4 is 23.2 Å². The summed E-state index contributed by atoms with van der Waals surface area (Å²) in [5, 5.41) is 3.56. The lowest BCUT2D eigenvalue weighted by atomic mass is 10.3. The molecule has 25 heavy (non-hydrogen) atoms. The monoisotopic (exact) mass is 362 g/mol. The number of likely N-dealkylation sites (N-methyl/N-ethyl adjacent to an activating group) is 1. The Morgan fingerprint density at radius 1 is 1.08 bits per heavy atom. The molecule has 0 fully saturated rings. The minimum atomic E-state index is -0.0497. The predicted molar refractivity (Wildman–Crippen MR) is 101 cm³/mol. The predicted octanol–water partition coefficient (Wildman–Crippen LogP) is 3.69. The summed E-state index contributed by atoms with van der Waals surface area (Å²) in [6.07, 6.45) is 0.828. The molecule has 0 aliphatic carbocycles. The quantitative estimate of drug-likeness (QED) is 0.691. The molecule has 134 valence electrons. The van der Waals surface area contributed by atoms with Gasteiger partial charge in [0.15, 0.2) is 0 Å². The van der Waals surface area contributed by atoms with Gasteiger partial charge in [0.25, 0.3) is 0 Å². The molecule has 2 aromatic rings. The lowest BCUT2D eigenvalue weighted by Gasteiger charge is -2.16. The molecule has 0 spiro atoms. The molecular formula is C19H23ClN2O3. The van der Waals surface area contributed by atoms with Crippen molar-refractivity contribution in [3.05, 3.63) is 53.6 Å². The number of anilines is 1. The zero-order valence-corrected chi connectivity index (χ0v) is 15.3. The van der Waals surface area contributed by atoms with Gasteiger partial charge in [-0.25, -0.2) is 0 Å². The van der Waals surface area contributed by atoms with Crippen LogP contribution in [-0.2, 0) is 4.79 Å². The molecule has 2 aromatic carbocycles. The third kappa shape index (κ3) is 7.03. The first kappa shape index (κ1) is 19.1. The first-order chi connectivity index (χ1) is 12.1. The largest absolute Gasteiger partial charge is 0.497 e. The SMILES string of the molecule is COc1ccc(NC(=O)CN(C)CCCOc2ccc(Cl)cc2)cc1. The van der Waals surface area contributed by atoms with Crippen molar-refractivity contribution in [1.29, 1.82) is 0 Å². The molecule has 5 nitrogen and oxygen atoms in total. The Labute approximate surface area is 153 Å². The van der Waals surface area contributed by atoms with Crippen LogP contribution >= 0.6 is 11.6 Å². The van der Waals surface area contributed by atoms with Gasteiger partial charge in [-0.05, 0) is 62.0 Å². The van der Waals surface area contributed by atoms with E-state index in [0.29, 0.717) is 18.2 Å². The van der Waals surface area contributed by atoms with Crippen LogP contribution in [0.5, 0.6) is 11.5 Å². The van der Waals surface area contributed by atoms with E-state index < -0.39 is 0 Å². The summed E-state index contributed by atoms with van der Waals surface area (Å²) in [4.78, 5) is 14.0. The van der Waals surface area contributed by atoms with Gasteiger partial charge in [-0.2, -0.15) is 0 Å². The molecule has 0 aliphatic heterocycles. The molecule has 6 heteroatoms. The highest BCUT2D eigenvalue weighted by atomic mass is 35.5. The summed E-state index contributed by atoms with van der Waals surface area (Å²) in [6.45, 7) is 1.68. The van der Waals surface area contributed by atoms with Gasteiger partial charge in [0.05, 0.1) is 20.3 Å². The van der Waals surface area contributed by atoms with Gasteiger partial charge in [-0.3, -0.25) is 9.69 Å². The number of amides is 1. The van der Waals surface area contributed by atoms with Gasteiger partial charge in [-0.15, -0.1) is 0 Å². The normalized spacial score (nSPS) is 10.6. The molecule has 1 N–H and O–H groups in total. The smallest absolute Gasteiger partial charge is 0.238 e. The van der Waals surface area contributed by atoms with Crippen LogP contribution in [0.3, 0.4) is 0 Å². The van der Waals surface area contributed by atoms with Crippen LogP contribution in [0, 0.1) is 0 Å². The Balaban J connectivity index is 1.64. The van der Waals surface area contributed by atoms with Crippen molar-refractivity contribution in [2.75, 3.05) is 39.2 Å². The second-order valence-corrected chi connectivity index (χ2v) is 6.11. The molecule has 0 heterocycles. The van der Waals surface area contributed by atoms with Crippen LogP contribution in [-0.4, -0.2) is 44.7 Å². The number of ether oxygens (including phenoxy) is 2. The molecule has 0 aliphatic rings. The second-order valence-electron chi connectivity index (χ2n) is 5.67. The Morgan fingerprint density at radius 3 is 2.36 bits per heavy atom. The van der Waals surface area contributed by atoms with E-state index in [0.717, 1.165) is 30.2 Å². The van der Waals surface area contributed by atoms with E-state index >= 15 is 0 Å². The first-order valence-electron chi connectivity index (χ1n) is 8.07. The van der Waals surface area contributed by atoms with Crippen LogP contribution in [0.2, 0.25) is 5.02 Å². The fourth-order valence-electron chi connectivity index (χ4n) is 2.25. The topological polar surface area (TPSA) is 50.8 Å². The second kappa shape index (κ2) is 9.91. The van der Waals surface area contributed by atoms with Crippen LogP contribution < -0.4 is 14.8 Å². The lowest BCUT2D eigenvalue weighted by molar-refractivity contribution is -0.117. The van der Waals surface area contributed by atoms with E-state index in [2.05, 4.69) is 5.32 Å². The Kier molecular flexibility index (Phi) is 7.57. The Morgan fingerprint density at radius 2 is 1.72 bits per heavy atom. The highest BCUT2D eigenvalue weighted by molar-refractivity contribution is 6.30. The molecule has 0 atom stereocenters. The van der Waals surface area contributed by atoms with Gasteiger partial charge in [0, 0.05) is 17.3 Å². The molecule has 1 amide bonds. The maximum atomic E-state index is 12.0. The molecule has 0 saturated heterocycles. The third-order valence-corrected chi connectivity index (χ3v) is 3.81. The van der Waals surface area contributed by atoms with E-state index in [-0.39, 0.29) is 5.91 Å². The van der Waals surface area contributed by atoms with Crippen LogP contribution in [0.4, 0.5) is 5.69 Å². The van der Waals surface area contributed by atoms with Crippen molar-refractivity contribution in [1.82, 2.24) is 4.90 Å². The number of hydrogen-bond donors (Lipinski definition) is 1. The van der Waals surface area contributed by atoms with Crippen LogP contribution in [0.1, 0.15) is 6.42 Å². The van der Waals surface area contributed by atoms with E-state index in [1.165, 1.54) is 0 Å². The van der Waals surface area contributed by atoms with E-state index in [4.69, 9.17) is 21.1 Å². The van der Waals surface area contributed by atoms with Gasteiger partial charge in [0.2, 0.25) is 5.91 Å². The highest BCUT2D eigenvalue weighted by Crippen LogP contribution is 2.16. The maximum absolute atomic E-state index is 12.0. The lowest BCUT2D eigenvalue weighted by Crippen LogP contribution is -2.31. The summed E-state index contributed by atoms with van der Waals surface area (Å²) in [5.74, 6) is 1.51. The standard InChI is InChI=1S/C19H23ClN2O3/c1-22(12-3-13-25-18-8-4-15(20)5-9-18)14-19(23)21-16-6-10-17(24-2)11-7-16/h4-11H,3,12-14H2,1-2H3,(H,21,23). The average molecular weight is 363 g/mol. The fraction of sp³-hybridized carbons (Fsp3) is 0.316. The van der Waals surface area contributed by atoms with Crippen molar-refractivity contribution in [2.24, 2.45) is 0 Å². The number of rotatable bonds is 9. The number of nitrogens with one attached hydrogen (secondary N) is 1. The zero-order chi connectivity index (χ0) is 18.1. The van der Waals surface area contributed by atoms with Gasteiger partial charge < -0.3 is 14.8 Å². The summed E-state index contributed by atoms with van der Waals surface area (Å²) < 4.78 is 10.7. The third-order valence-electron chi connectivity index (χ3n) is 3.55. The van der Waals surface area contributed by atoms with E-state index in [9.17, 15) is 4.79 Å². The summed E-state index contributed by atoms with van der Waals surface area (Å²) in [6, 6.07) is 14.5. The van der Waals surface area contributed by atoms with Gasteiger partial charge in [-0.1, -0.05) is 11.6 Å². The summed E-state index contributed by atoms with van der Waals surface area (Å²) in [5.41, 5.74) is 0.755. The zero-order valence-electron chi connectivity index (χ0n) is 14.5. The average Bonchev–Trinajstić information content (AvgIpc) is 2.61. The Hall–Kier alpha value is -2.24. The number of carbonyl (C=O) groups is 1. The minimum absolute atomic E-state index is 0.0497. The molecule has 0 saturated carbocycles. The van der Waals surface area contributed by atoms with Crippen molar-refractivity contribution in [3.8, 4) is 11.5 Å². The summed E-state index contributed by atoms with van der Waals surface area (Å²) in [7, 11) is 3.52. The molecular weight excluding hydrogens is 340 g/mol. The molecule has 0 bridgehead atoms. The number of halogens is 1. The number of methoxy groups -OCH3 is 1. The molecule has 2 rings (SSSR count). The minimum Gasteiger partial charge on any atom is -0.497 e. The van der Waals surface area contributed by atoms with E-state index in [1.807, 2.05) is 48.3 Å².